The first kappa shape index (κ1) is 25.9. The van der Waals surface area contributed by atoms with Crippen LogP contribution in [0.15, 0.2) is 66.7 Å². The fourth-order valence-electron chi connectivity index (χ4n) is 3.68. The first-order valence-electron chi connectivity index (χ1n) is 11.2. The number of methoxy groups -OCH3 is 2. The van der Waals surface area contributed by atoms with Crippen molar-refractivity contribution in [1.29, 1.82) is 0 Å². The lowest BCUT2D eigenvalue weighted by Crippen LogP contribution is -2.44. The molecule has 1 amide bonds. The van der Waals surface area contributed by atoms with Gasteiger partial charge in [-0.25, -0.2) is 19.1 Å². The molecule has 10 heteroatoms. The van der Waals surface area contributed by atoms with Crippen LogP contribution in [0.25, 0.3) is 10.1 Å². The van der Waals surface area contributed by atoms with Crippen LogP contribution in [0.3, 0.4) is 0 Å². The Morgan fingerprint density at radius 2 is 1.49 bits per heavy atom. The number of halogens is 2. The number of carbonyl (C=O) groups is 2. The summed E-state index contributed by atoms with van der Waals surface area (Å²) in [5.74, 6) is -1.98. The Morgan fingerprint density at radius 1 is 0.892 bits per heavy atom. The molecule has 1 atom stereocenters. The molecular formula is C27H24F2N2O5S. The quantitative estimate of drug-likeness (QED) is 0.207. The standard InChI is InChI=1S/C27H24F2N2O5S/c1-27(25(32)30-20-10-6-4-8-18(20)28,26(33)36-31-21-11-7-5-9-19(21)29)15-17-12-16-13-22(34-2)23(35-3)14-24(16)37-17/h4-14,31H,15H2,1-3H3,(H,30,32). The number of anilines is 2. The van der Waals surface area contributed by atoms with Gasteiger partial charge in [0.2, 0.25) is 5.91 Å². The van der Waals surface area contributed by atoms with Crippen LogP contribution in [0, 0.1) is 17.0 Å². The molecule has 4 aromatic rings. The zero-order valence-electron chi connectivity index (χ0n) is 20.3. The fourth-order valence-corrected chi connectivity index (χ4v) is 4.91. The van der Waals surface area contributed by atoms with Gasteiger partial charge < -0.3 is 19.6 Å². The molecule has 0 bridgehead atoms. The molecule has 0 saturated heterocycles. The molecule has 3 aromatic carbocycles. The fraction of sp³-hybridized carbons (Fsp3) is 0.185. The number of amides is 1. The van der Waals surface area contributed by atoms with E-state index in [9.17, 15) is 18.4 Å². The summed E-state index contributed by atoms with van der Waals surface area (Å²) in [5, 5.41) is 3.31. The van der Waals surface area contributed by atoms with Crippen LogP contribution in [-0.4, -0.2) is 26.1 Å². The third-order valence-corrected chi connectivity index (χ3v) is 6.90. The van der Waals surface area contributed by atoms with Gasteiger partial charge in [-0.15, -0.1) is 11.3 Å². The smallest absolute Gasteiger partial charge is 0.347 e. The van der Waals surface area contributed by atoms with Gasteiger partial charge in [0, 0.05) is 22.1 Å². The summed E-state index contributed by atoms with van der Waals surface area (Å²) in [6.07, 6.45) is -0.0744. The summed E-state index contributed by atoms with van der Waals surface area (Å²) in [7, 11) is 3.06. The first-order valence-corrected chi connectivity index (χ1v) is 12.0. The molecule has 0 saturated carbocycles. The Kier molecular flexibility index (Phi) is 7.58. The van der Waals surface area contributed by atoms with Crippen LogP contribution >= 0.6 is 11.3 Å². The molecule has 0 aliphatic heterocycles. The number of thiophene rings is 1. The molecule has 1 aromatic heterocycles. The topological polar surface area (TPSA) is 85.9 Å². The monoisotopic (exact) mass is 526 g/mol. The van der Waals surface area contributed by atoms with E-state index in [2.05, 4.69) is 10.8 Å². The second kappa shape index (κ2) is 10.8. The van der Waals surface area contributed by atoms with Crippen LogP contribution in [0.1, 0.15) is 11.8 Å². The van der Waals surface area contributed by atoms with Crippen molar-refractivity contribution in [3.63, 3.8) is 0 Å². The van der Waals surface area contributed by atoms with Gasteiger partial charge in [0.05, 0.1) is 19.9 Å². The van der Waals surface area contributed by atoms with Crippen LogP contribution < -0.4 is 20.3 Å². The zero-order chi connectivity index (χ0) is 26.6. The summed E-state index contributed by atoms with van der Waals surface area (Å²) in [4.78, 5) is 32.5. The molecule has 0 spiro atoms. The minimum Gasteiger partial charge on any atom is -0.493 e. The van der Waals surface area contributed by atoms with Crippen molar-refractivity contribution in [1.82, 2.24) is 0 Å². The van der Waals surface area contributed by atoms with E-state index in [1.165, 1.54) is 68.9 Å². The average molecular weight is 527 g/mol. The minimum atomic E-state index is -1.81. The highest BCUT2D eigenvalue weighted by Crippen LogP contribution is 2.39. The Bertz CT molecular complexity index is 1420. The Hall–Kier alpha value is -4.18. The Morgan fingerprint density at radius 3 is 2.11 bits per heavy atom. The number of fused-ring (bicyclic) bond motifs is 1. The van der Waals surface area contributed by atoms with E-state index in [1.807, 2.05) is 6.07 Å². The molecule has 192 valence electrons. The minimum absolute atomic E-state index is 0.0744. The molecule has 7 nitrogen and oxygen atoms in total. The van der Waals surface area contributed by atoms with Crippen molar-refractivity contribution in [2.75, 3.05) is 25.0 Å². The van der Waals surface area contributed by atoms with Gasteiger partial charge in [0.25, 0.3) is 0 Å². The molecule has 1 unspecified atom stereocenters. The third-order valence-electron chi connectivity index (χ3n) is 5.80. The third kappa shape index (κ3) is 5.49. The molecule has 0 aliphatic carbocycles. The van der Waals surface area contributed by atoms with Crippen molar-refractivity contribution in [3.8, 4) is 11.5 Å². The van der Waals surface area contributed by atoms with Gasteiger partial charge in [-0.1, -0.05) is 24.3 Å². The summed E-state index contributed by atoms with van der Waals surface area (Å²) in [6.45, 7) is 1.39. The predicted octanol–water partition coefficient (Wildman–Crippen LogP) is 5.95. The van der Waals surface area contributed by atoms with Crippen molar-refractivity contribution in [2.45, 2.75) is 13.3 Å². The molecule has 0 radical (unpaired) electrons. The highest BCUT2D eigenvalue weighted by Gasteiger charge is 2.44. The van der Waals surface area contributed by atoms with Crippen molar-refractivity contribution < 1.29 is 32.7 Å². The zero-order valence-corrected chi connectivity index (χ0v) is 21.1. The molecule has 37 heavy (non-hydrogen) atoms. The van der Waals surface area contributed by atoms with Crippen molar-refractivity contribution in [2.24, 2.45) is 5.41 Å². The van der Waals surface area contributed by atoms with Crippen molar-refractivity contribution >= 4 is 44.7 Å². The van der Waals surface area contributed by atoms with Crippen LogP contribution in [0.4, 0.5) is 20.2 Å². The lowest BCUT2D eigenvalue weighted by atomic mass is 9.85. The maximum absolute atomic E-state index is 14.3. The van der Waals surface area contributed by atoms with Crippen LogP contribution in [0.2, 0.25) is 0 Å². The highest BCUT2D eigenvalue weighted by atomic mass is 32.1. The largest absolute Gasteiger partial charge is 0.493 e. The van der Waals surface area contributed by atoms with E-state index in [0.717, 1.165) is 10.1 Å². The predicted molar refractivity (Wildman–Crippen MR) is 138 cm³/mol. The number of carbonyl (C=O) groups excluding carboxylic acids is 2. The Balaban J connectivity index is 1.66. The molecule has 4 rings (SSSR count). The molecule has 0 fully saturated rings. The number of nitrogens with one attached hydrogen (secondary N) is 2. The number of ether oxygens (including phenoxy) is 2. The Labute approximate surface area is 215 Å². The number of hydrogen-bond acceptors (Lipinski definition) is 7. The molecule has 0 aliphatic rings. The molecular weight excluding hydrogens is 502 g/mol. The van der Waals surface area contributed by atoms with Gasteiger partial charge in [0.1, 0.15) is 17.3 Å². The lowest BCUT2D eigenvalue weighted by Gasteiger charge is -2.26. The second-order valence-corrected chi connectivity index (χ2v) is 9.54. The van der Waals surface area contributed by atoms with Gasteiger partial charge >= 0.3 is 5.97 Å². The van der Waals surface area contributed by atoms with E-state index in [4.69, 9.17) is 14.3 Å². The summed E-state index contributed by atoms with van der Waals surface area (Å²) >= 11 is 1.36. The molecule has 1 heterocycles. The van der Waals surface area contributed by atoms with E-state index < -0.39 is 28.9 Å². The molecule has 2 N–H and O–H groups in total. The number of para-hydroxylation sites is 2. The van der Waals surface area contributed by atoms with E-state index in [-0.39, 0.29) is 17.8 Å². The van der Waals surface area contributed by atoms with E-state index in [0.29, 0.717) is 16.4 Å². The highest BCUT2D eigenvalue weighted by molar-refractivity contribution is 7.19. The lowest BCUT2D eigenvalue weighted by molar-refractivity contribution is -0.156. The number of benzene rings is 3. The summed E-state index contributed by atoms with van der Waals surface area (Å²) in [5.41, 5.74) is 0.314. The van der Waals surface area contributed by atoms with E-state index >= 15 is 0 Å². The van der Waals surface area contributed by atoms with Gasteiger partial charge in [0.15, 0.2) is 16.9 Å². The maximum Gasteiger partial charge on any atom is 0.347 e. The second-order valence-electron chi connectivity index (χ2n) is 8.37. The summed E-state index contributed by atoms with van der Waals surface area (Å²) in [6, 6.07) is 16.7. The number of rotatable bonds is 9. The SMILES string of the molecule is COc1cc2cc(CC(C)(C(=O)Nc3ccccc3F)C(=O)ONc3ccccc3F)sc2cc1OC. The van der Waals surface area contributed by atoms with Gasteiger partial charge in [-0.2, -0.15) is 0 Å². The maximum atomic E-state index is 14.3. The number of hydrogen-bond donors (Lipinski definition) is 2. The van der Waals surface area contributed by atoms with Gasteiger partial charge in [-0.05, 0) is 48.7 Å². The van der Waals surface area contributed by atoms with Crippen molar-refractivity contribution in [3.05, 3.63) is 83.2 Å². The first-order chi connectivity index (χ1) is 17.7. The normalized spacial score (nSPS) is 12.5. The van der Waals surface area contributed by atoms with Crippen LogP contribution in [0.5, 0.6) is 11.5 Å². The van der Waals surface area contributed by atoms with Crippen LogP contribution in [-0.2, 0) is 20.8 Å². The summed E-state index contributed by atoms with van der Waals surface area (Å²) < 4.78 is 39.8. The average Bonchev–Trinajstić information content (AvgIpc) is 3.28. The van der Waals surface area contributed by atoms with Gasteiger partial charge in [-0.3, -0.25) is 4.79 Å². The van der Waals surface area contributed by atoms with E-state index in [1.54, 1.807) is 24.3 Å².